The van der Waals surface area contributed by atoms with Crippen LogP contribution in [0.1, 0.15) is 13.3 Å². The summed E-state index contributed by atoms with van der Waals surface area (Å²) < 4.78 is 0. The monoisotopic (exact) mass is 234 g/mol. The lowest BCUT2D eigenvalue weighted by molar-refractivity contribution is -0.384. The zero-order valence-corrected chi connectivity index (χ0v) is 9.12. The van der Waals surface area contributed by atoms with Gasteiger partial charge >= 0.3 is 0 Å². The Labute approximate surface area is 97.0 Å². The highest BCUT2D eigenvalue weighted by Crippen LogP contribution is 2.27. The van der Waals surface area contributed by atoms with E-state index in [4.69, 9.17) is 0 Å². The molecule has 2 amide bonds. The summed E-state index contributed by atoms with van der Waals surface area (Å²) in [6, 6.07) is 5.37. The summed E-state index contributed by atoms with van der Waals surface area (Å²) in [6.07, 6.45) is 0.190. The Morgan fingerprint density at radius 2 is 1.88 bits per heavy atom. The highest BCUT2D eigenvalue weighted by molar-refractivity contribution is 6.20. The molecule has 1 atom stereocenters. The van der Waals surface area contributed by atoms with E-state index in [1.807, 2.05) is 0 Å². The second-order valence-electron chi connectivity index (χ2n) is 3.95. The summed E-state index contributed by atoms with van der Waals surface area (Å²) in [5, 5.41) is 10.5. The van der Waals surface area contributed by atoms with Crippen molar-refractivity contribution in [2.24, 2.45) is 5.92 Å². The predicted octanol–water partition coefficient (Wildman–Crippen LogP) is 1.49. The van der Waals surface area contributed by atoms with Crippen LogP contribution < -0.4 is 4.90 Å². The quantitative estimate of drug-likeness (QED) is 0.441. The highest BCUT2D eigenvalue weighted by Gasteiger charge is 2.36. The minimum absolute atomic E-state index is 0.0686. The Balaban J connectivity index is 2.32. The van der Waals surface area contributed by atoms with E-state index in [0.717, 1.165) is 4.90 Å². The molecule has 1 aromatic rings. The number of amides is 2. The van der Waals surface area contributed by atoms with Crippen molar-refractivity contribution in [3.05, 3.63) is 34.4 Å². The van der Waals surface area contributed by atoms with Gasteiger partial charge in [0.25, 0.3) is 5.69 Å². The van der Waals surface area contributed by atoms with E-state index in [2.05, 4.69) is 0 Å². The minimum Gasteiger partial charge on any atom is -0.274 e. The number of hydrogen-bond donors (Lipinski definition) is 0. The van der Waals surface area contributed by atoms with Gasteiger partial charge in [0.2, 0.25) is 11.8 Å². The molecule has 2 rings (SSSR count). The largest absolute Gasteiger partial charge is 0.274 e. The first-order valence-electron chi connectivity index (χ1n) is 5.12. The molecule has 0 unspecified atom stereocenters. The molecule has 0 radical (unpaired) electrons. The van der Waals surface area contributed by atoms with Crippen LogP contribution in [0.2, 0.25) is 0 Å². The van der Waals surface area contributed by atoms with Gasteiger partial charge in [0.1, 0.15) is 0 Å². The maximum atomic E-state index is 11.7. The fraction of sp³-hybridized carbons (Fsp3) is 0.273. The van der Waals surface area contributed by atoms with Crippen LogP contribution in [0.15, 0.2) is 24.3 Å². The van der Waals surface area contributed by atoms with Gasteiger partial charge in [0.15, 0.2) is 0 Å². The van der Waals surface area contributed by atoms with E-state index in [1.165, 1.54) is 24.3 Å². The van der Waals surface area contributed by atoms with Crippen LogP contribution in [0.25, 0.3) is 0 Å². The first-order chi connectivity index (χ1) is 8.00. The lowest BCUT2D eigenvalue weighted by Gasteiger charge is -2.13. The number of nitro benzene ring substituents is 1. The molecule has 1 aromatic carbocycles. The van der Waals surface area contributed by atoms with Gasteiger partial charge in [-0.2, -0.15) is 0 Å². The second kappa shape index (κ2) is 3.97. The number of rotatable bonds is 2. The molecular formula is C11H10N2O4. The van der Waals surface area contributed by atoms with Gasteiger partial charge in [-0.05, 0) is 12.1 Å². The summed E-state index contributed by atoms with van der Waals surface area (Å²) in [5.41, 5.74) is 0.316. The van der Waals surface area contributed by atoms with E-state index in [-0.39, 0.29) is 29.8 Å². The molecule has 0 spiro atoms. The third-order valence-electron chi connectivity index (χ3n) is 2.69. The van der Waals surface area contributed by atoms with Crippen molar-refractivity contribution in [2.45, 2.75) is 13.3 Å². The number of nitrogens with zero attached hydrogens (tertiary/aromatic N) is 2. The molecule has 1 saturated heterocycles. The van der Waals surface area contributed by atoms with E-state index >= 15 is 0 Å². The first-order valence-corrected chi connectivity index (χ1v) is 5.12. The summed E-state index contributed by atoms with van der Waals surface area (Å²) >= 11 is 0. The van der Waals surface area contributed by atoms with E-state index in [9.17, 15) is 19.7 Å². The standard InChI is InChI=1S/C11H10N2O4/c1-7-6-10(14)12(11(7)15)8-2-4-9(5-3-8)13(16)17/h2-5,7H,6H2,1H3/t7-/m1/s1. The second-order valence-corrected chi connectivity index (χ2v) is 3.95. The van der Waals surface area contributed by atoms with Crippen molar-refractivity contribution >= 4 is 23.2 Å². The maximum absolute atomic E-state index is 11.7. The number of benzene rings is 1. The SMILES string of the molecule is C[C@@H]1CC(=O)N(c2ccc([N+](=O)[O-])cc2)C1=O. The van der Waals surface area contributed by atoms with Crippen LogP contribution in [-0.4, -0.2) is 16.7 Å². The topological polar surface area (TPSA) is 80.5 Å². The highest BCUT2D eigenvalue weighted by atomic mass is 16.6. The minimum atomic E-state index is -0.528. The number of hydrogen-bond acceptors (Lipinski definition) is 4. The lowest BCUT2D eigenvalue weighted by Crippen LogP contribution is -2.29. The van der Waals surface area contributed by atoms with Gasteiger partial charge in [0.05, 0.1) is 10.6 Å². The van der Waals surface area contributed by atoms with Crippen LogP contribution in [0.4, 0.5) is 11.4 Å². The Hall–Kier alpha value is -2.24. The Morgan fingerprint density at radius 1 is 1.29 bits per heavy atom. The Kier molecular flexibility index (Phi) is 2.63. The zero-order chi connectivity index (χ0) is 12.6. The molecule has 0 saturated carbocycles. The summed E-state index contributed by atoms with van der Waals surface area (Å²) in [7, 11) is 0. The summed E-state index contributed by atoms with van der Waals surface area (Å²) in [6.45, 7) is 1.69. The molecule has 17 heavy (non-hydrogen) atoms. The number of non-ortho nitro benzene ring substituents is 1. The van der Waals surface area contributed by atoms with Crippen LogP contribution in [0.5, 0.6) is 0 Å². The van der Waals surface area contributed by atoms with Crippen LogP contribution in [-0.2, 0) is 9.59 Å². The average molecular weight is 234 g/mol. The normalized spacial score (nSPS) is 19.8. The summed E-state index contributed by atoms with van der Waals surface area (Å²) in [5.74, 6) is -0.849. The molecule has 0 aliphatic carbocycles. The van der Waals surface area contributed by atoms with Gasteiger partial charge < -0.3 is 0 Å². The van der Waals surface area contributed by atoms with Crippen LogP contribution in [0.3, 0.4) is 0 Å². The molecule has 0 bridgehead atoms. The van der Waals surface area contributed by atoms with Crippen molar-refractivity contribution in [3.8, 4) is 0 Å². The molecule has 1 heterocycles. The fourth-order valence-corrected chi connectivity index (χ4v) is 1.78. The molecule has 6 heteroatoms. The molecule has 88 valence electrons. The Morgan fingerprint density at radius 3 is 2.29 bits per heavy atom. The third kappa shape index (κ3) is 1.89. The number of imide groups is 1. The lowest BCUT2D eigenvalue weighted by atomic mass is 10.1. The average Bonchev–Trinajstić information content (AvgIpc) is 2.53. The van der Waals surface area contributed by atoms with E-state index in [1.54, 1.807) is 6.92 Å². The van der Waals surface area contributed by atoms with Gasteiger partial charge in [0, 0.05) is 24.5 Å². The predicted molar refractivity (Wildman–Crippen MR) is 59.4 cm³/mol. The van der Waals surface area contributed by atoms with E-state index < -0.39 is 4.92 Å². The van der Waals surface area contributed by atoms with Crippen molar-refractivity contribution in [2.75, 3.05) is 4.90 Å². The smallest absolute Gasteiger partial charge is 0.269 e. The molecule has 1 aliphatic heterocycles. The third-order valence-corrected chi connectivity index (χ3v) is 2.69. The van der Waals surface area contributed by atoms with Gasteiger partial charge in [-0.15, -0.1) is 0 Å². The number of carbonyl (C=O) groups excluding carboxylic acids is 2. The molecule has 0 N–H and O–H groups in total. The summed E-state index contributed by atoms with van der Waals surface area (Å²) in [4.78, 5) is 34.3. The van der Waals surface area contributed by atoms with Crippen molar-refractivity contribution < 1.29 is 14.5 Å². The molecule has 1 fully saturated rings. The van der Waals surface area contributed by atoms with Crippen LogP contribution in [0, 0.1) is 16.0 Å². The molecular weight excluding hydrogens is 224 g/mol. The van der Waals surface area contributed by atoms with Gasteiger partial charge in [-0.25, -0.2) is 0 Å². The van der Waals surface area contributed by atoms with Gasteiger partial charge in [-0.1, -0.05) is 6.92 Å². The molecule has 0 aromatic heterocycles. The zero-order valence-electron chi connectivity index (χ0n) is 9.12. The fourth-order valence-electron chi connectivity index (χ4n) is 1.78. The number of anilines is 1. The first kappa shape index (κ1) is 11.3. The molecule has 6 nitrogen and oxygen atoms in total. The molecule has 1 aliphatic rings. The maximum Gasteiger partial charge on any atom is 0.269 e. The van der Waals surface area contributed by atoms with E-state index in [0.29, 0.717) is 5.69 Å². The number of nitro groups is 1. The number of carbonyl (C=O) groups is 2. The van der Waals surface area contributed by atoms with Crippen molar-refractivity contribution in [3.63, 3.8) is 0 Å². The van der Waals surface area contributed by atoms with Gasteiger partial charge in [-0.3, -0.25) is 24.6 Å². The Bertz CT molecular complexity index is 495. The van der Waals surface area contributed by atoms with Crippen LogP contribution >= 0.6 is 0 Å². The van der Waals surface area contributed by atoms with Crippen molar-refractivity contribution in [1.29, 1.82) is 0 Å². The van der Waals surface area contributed by atoms with Crippen molar-refractivity contribution in [1.82, 2.24) is 0 Å².